The maximum atomic E-state index is 13.6. The highest BCUT2D eigenvalue weighted by molar-refractivity contribution is 7.99. The van der Waals surface area contributed by atoms with Gasteiger partial charge < -0.3 is 5.32 Å². The van der Waals surface area contributed by atoms with Gasteiger partial charge in [0.25, 0.3) is 0 Å². The molecule has 1 unspecified atom stereocenters. The van der Waals surface area contributed by atoms with Crippen molar-refractivity contribution in [1.29, 1.82) is 0 Å². The van der Waals surface area contributed by atoms with Crippen molar-refractivity contribution in [3.63, 3.8) is 0 Å². The van der Waals surface area contributed by atoms with E-state index in [1.165, 1.54) is 17.8 Å². The number of hydrogen-bond acceptors (Lipinski definition) is 3. The summed E-state index contributed by atoms with van der Waals surface area (Å²) >= 11 is 1.17. The Hall–Kier alpha value is -1.46. The first-order valence-electron chi connectivity index (χ1n) is 6.92. The fraction of sp³-hybridized carbons (Fsp3) is 0.312. The maximum Gasteiger partial charge on any atom is 0.137 e. The monoisotopic (exact) mass is 308 g/mol. The van der Waals surface area contributed by atoms with Gasteiger partial charge in [-0.05, 0) is 50.2 Å². The zero-order chi connectivity index (χ0) is 15.2. The van der Waals surface area contributed by atoms with E-state index in [0.717, 1.165) is 35.7 Å². The molecule has 1 aromatic heterocycles. The molecule has 0 aliphatic rings. The summed E-state index contributed by atoms with van der Waals surface area (Å²) in [5.74, 6) is -0.871. The van der Waals surface area contributed by atoms with Gasteiger partial charge in [0.15, 0.2) is 0 Å². The van der Waals surface area contributed by atoms with Crippen molar-refractivity contribution in [2.75, 3.05) is 6.54 Å². The quantitative estimate of drug-likeness (QED) is 0.846. The summed E-state index contributed by atoms with van der Waals surface area (Å²) in [5, 5.41) is 3.36. The Bertz CT molecular complexity index is 587. The number of benzene rings is 1. The third-order valence-corrected chi connectivity index (χ3v) is 4.03. The van der Waals surface area contributed by atoms with Gasteiger partial charge in [-0.25, -0.2) is 8.78 Å². The average molecular weight is 308 g/mol. The van der Waals surface area contributed by atoms with Crippen LogP contribution in [0, 0.1) is 11.6 Å². The van der Waals surface area contributed by atoms with Gasteiger partial charge in [0.2, 0.25) is 0 Å². The molecule has 1 N–H and O–H groups in total. The lowest BCUT2D eigenvalue weighted by atomic mass is 10.2. The molecular weight excluding hydrogens is 290 g/mol. The first-order chi connectivity index (χ1) is 10.1. The molecule has 1 heterocycles. The van der Waals surface area contributed by atoms with Gasteiger partial charge in [0, 0.05) is 17.1 Å². The van der Waals surface area contributed by atoms with Crippen LogP contribution in [0.4, 0.5) is 8.78 Å². The minimum Gasteiger partial charge on any atom is -0.309 e. The summed E-state index contributed by atoms with van der Waals surface area (Å²) in [6, 6.07) is 7.40. The second-order valence-electron chi connectivity index (χ2n) is 4.77. The summed E-state index contributed by atoms with van der Waals surface area (Å²) in [5.41, 5.74) is 0.938. The Kier molecular flexibility index (Phi) is 5.70. The van der Waals surface area contributed by atoms with Crippen LogP contribution in [0.15, 0.2) is 46.3 Å². The predicted molar refractivity (Wildman–Crippen MR) is 81.4 cm³/mol. The molecule has 0 fully saturated rings. The van der Waals surface area contributed by atoms with Crippen LogP contribution in [0.1, 0.15) is 32.0 Å². The average Bonchev–Trinajstić information content (AvgIpc) is 2.49. The van der Waals surface area contributed by atoms with Crippen LogP contribution in [0.5, 0.6) is 0 Å². The Balaban J connectivity index is 2.07. The summed E-state index contributed by atoms with van der Waals surface area (Å²) in [6.45, 7) is 5.10. The van der Waals surface area contributed by atoms with Gasteiger partial charge in [-0.2, -0.15) is 0 Å². The number of aromatic nitrogens is 1. The molecule has 1 aromatic carbocycles. The highest BCUT2D eigenvalue weighted by atomic mass is 32.2. The largest absolute Gasteiger partial charge is 0.309 e. The van der Waals surface area contributed by atoms with Gasteiger partial charge in [-0.15, -0.1) is 0 Å². The van der Waals surface area contributed by atoms with Crippen molar-refractivity contribution >= 4 is 11.8 Å². The number of halogens is 2. The number of rotatable bonds is 6. The Morgan fingerprint density at radius 2 is 2.05 bits per heavy atom. The van der Waals surface area contributed by atoms with Crippen molar-refractivity contribution < 1.29 is 8.78 Å². The van der Waals surface area contributed by atoms with Crippen LogP contribution in [0.25, 0.3) is 0 Å². The maximum absolute atomic E-state index is 13.6. The minimum atomic E-state index is -0.444. The highest BCUT2D eigenvalue weighted by Gasteiger charge is 2.08. The summed E-state index contributed by atoms with van der Waals surface area (Å²) in [4.78, 5) is 5.43. The summed E-state index contributed by atoms with van der Waals surface area (Å²) < 4.78 is 26.7. The molecule has 0 spiro atoms. The first-order valence-corrected chi connectivity index (χ1v) is 7.74. The molecule has 5 heteroatoms. The van der Waals surface area contributed by atoms with E-state index in [1.807, 2.05) is 12.1 Å². The van der Waals surface area contributed by atoms with E-state index < -0.39 is 11.6 Å². The second kappa shape index (κ2) is 7.52. The topological polar surface area (TPSA) is 24.9 Å². The van der Waals surface area contributed by atoms with Crippen molar-refractivity contribution in [2.24, 2.45) is 0 Å². The normalized spacial score (nSPS) is 12.4. The molecule has 0 amide bonds. The molecule has 0 aliphatic heterocycles. The predicted octanol–water partition coefficient (Wildman–Crippen LogP) is 4.57. The molecule has 0 saturated carbocycles. The third-order valence-electron chi connectivity index (χ3n) is 3.02. The fourth-order valence-corrected chi connectivity index (χ4v) is 2.69. The fourth-order valence-electron chi connectivity index (χ4n) is 1.86. The van der Waals surface area contributed by atoms with Crippen LogP contribution in [0.3, 0.4) is 0 Å². The molecule has 2 rings (SSSR count). The Labute approximate surface area is 128 Å². The van der Waals surface area contributed by atoms with E-state index in [4.69, 9.17) is 0 Å². The minimum absolute atomic E-state index is 0.176. The number of nitrogens with zero attached hydrogens (tertiary/aromatic N) is 1. The van der Waals surface area contributed by atoms with E-state index in [9.17, 15) is 8.78 Å². The van der Waals surface area contributed by atoms with Crippen LogP contribution in [0.2, 0.25) is 0 Å². The molecule has 0 radical (unpaired) electrons. The first kappa shape index (κ1) is 15.9. The van der Waals surface area contributed by atoms with Crippen LogP contribution >= 0.6 is 11.8 Å². The highest BCUT2D eigenvalue weighted by Crippen LogP contribution is 2.30. The molecule has 1 atom stereocenters. The third kappa shape index (κ3) is 4.51. The molecule has 2 nitrogen and oxygen atoms in total. The SMILES string of the molecule is CCCNC(C)c1ccc(Sc2cc(F)ccc2F)cn1. The number of nitrogens with one attached hydrogen (secondary N) is 1. The van der Waals surface area contributed by atoms with Gasteiger partial charge in [0.1, 0.15) is 11.6 Å². The smallest absolute Gasteiger partial charge is 0.137 e. The van der Waals surface area contributed by atoms with E-state index in [-0.39, 0.29) is 10.9 Å². The van der Waals surface area contributed by atoms with E-state index >= 15 is 0 Å². The molecule has 0 aliphatic carbocycles. The van der Waals surface area contributed by atoms with Gasteiger partial charge in [0.05, 0.1) is 10.6 Å². The molecule has 0 saturated heterocycles. The van der Waals surface area contributed by atoms with Crippen molar-refractivity contribution in [1.82, 2.24) is 10.3 Å². The van der Waals surface area contributed by atoms with Crippen LogP contribution < -0.4 is 5.32 Å². The molecule has 0 bridgehead atoms. The molecular formula is C16H18F2N2S. The Morgan fingerprint density at radius 1 is 1.24 bits per heavy atom. The van der Waals surface area contributed by atoms with Gasteiger partial charge in [-0.1, -0.05) is 18.7 Å². The lowest BCUT2D eigenvalue weighted by Crippen LogP contribution is -2.20. The van der Waals surface area contributed by atoms with Gasteiger partial charge in [-0.3, -0.25) is 4.98 Å². The lowest BCUT2D eigenvalue weighted by molar-refractivity contribution is 0.558. The molecule has 112 valence electrons. The van der Waals surface area contributed by atoms with Crippen LogP contribution in [-0.4, -0.2) is 11.5 Å². The van der Waals surface area contributed by atoms with Crippen molar-refractivity contribution in [3.05, 3.63) is 53.9 Å². The zero-order valence-corrected chi connectivity index (χ0v) is 12.9. The van der Waals surface area contributed by atoms with E-state index in [2.05, 4.69) is 24.1 Å². The summed E-state index contributed by atoms with van der Waals surface area (Å²) in [7, 11) is 0. The second-order valence-corrected chi connectivity index (χ2v) is 5.89. The lowest BCUT2D eigenvalue weighted by Gasteiger charge is -2.12. The van der Waals surface area contributed by atoms with Gasteiger partial charge >= 0.3 is 0 Å². The summed E-state index contributed by atoms with van der Waals surface area (Å²) in [6.07, 6.45) is 2.76. The molecule has 21 heavy (non-hydrogen) atoms. The number of hydrogen-bond donors (Lipinski definition) is 1. The standard InChI is InChI=1S/C16H18F2N2S/c1-3-8-19-11(2)15-7-5-13(10-20-15)21-16-9-12(17)4-6-14(16)18/h4-7,9-11,19H,3,8H2,1-2H3. The van der Waals surface area contributed by atoms with Crippen molar-refractivity contribution in [3.8, 4) is 0 Å². The molecule has 2 aromatic rings. The van der Waals surface area contributed by atoms with E-state index in [0.29, 0.717) is 0 Å². The number of pyridine rings is 1. The Morgan fingerprint density at radius 3 is 2.71 bits per heavy atom. The zero-order valence-electron chi connectivity index (χ0n) is 12.1. The van der Waals surface area contributed by atoms with E-state index in [1.54, 1.807) is 6.20 Å². The van der Waals surface area contributed by atoms with Crippen molar-refractivity contribution in [2.45, 2.75) is 36.1 Å². The van der Waals surface area contributed by atoms with Crippen LogP contribution in [-0.2, 0) is 0 Å².